The lowest BCUT2D eigenvalue weighted by molar-refractivity contribution is -0.122. The van der Waals surface area contributed by atoms with E-state index in [0.29, 0.717) is 24.4 Å². The fraction of sp³-hybridized carbons (Fsp3) is 0.400. The number of rotatable bonds is 13. The lowest BCUT2D eigenvalue weighted by Gasteiger charge is -2.02. The molecule has 2 heterocycles. The summed E-state index contributed by atoms with van der Waals surface area (Å²) < 4.78 is 10.1. The molecule has 2 rings (SSSR count). The summed E-state index contributed by atoms with van der Waals surface area (Å²) in [5.74, 6) is 0.987. The molecular weight excluding hydrogens is 360 g/mol. The monoisotopic (exact) mass is 386 g/mol. The summed E-state index contributed by atoms with van der Waals surface area (Å²) >= 11 is 0. The molecule has 0 saturated heterocycles. The summed E-state index contributed by atoms with van der Waals surface area (Å²) in [5, 5.41) is 7.67. The maximum absolute atomic E-state index is 11.6. The maximum Gasteiger partial charge on any atom is 0.240 e. The van der Waals surface area contributed by atoms with E-state index in [9.17, 15) is 9.59 Å². The van der Waals surface area contributed by atoms with E-state index in [2.05, 4.69) is 21.1 Å². The number of furan rings is 2. The van der Waals surface area contributed by atoms with Gasteiger partial charge < -0.3 is 8.83 Å². The third-order valence-electron chi connectivity index (χ3n) is 3.91. The molecule has 28 heavy (non-hydrogen) atoms. The first-order valence-electron chi connectivity index (χ1n) is 9.45. The number of carbonyl (C=O) groups is 2. The highest BCUT2D eigenvalue weighted by atomic mass is 16.3. The van der Waals surface area contributed by atoms with Crippen molar-refractivity contribution >= 4 is 24.2 Å². The van der Waals surface area contributed by atoms with Gasteiger partial charge in [0.25, 0.3) is 0 Å². The van der Waals surface area contributed by atoms with Crippen LogP contribution in [0.25, 0.3) is 0 Å². The largest absolute Gasteiger partial charge is 0.463 e. The van der Waals surface area contributed by atoms with E-state index >= 15 is 0 Å². The van der Waals surface area contributed by atoms with Crippen molar-refractivity contribution in [2.75, 3.05) is 0 Å². The number of amides is 2. The van der Waals surface area contributed by atoms with E-state index in [1.54, 1.807) is 36.8 Å². The second-order valence-corrected chi connectivity index (χ2v) is 6.24. The van der Waals surface area contributed by atoms with Gasteiger partial charge in [0, 0.05) is 12.8 Å². The Bertz CT molecular complexity index is 672. The summed E-state index contributed by atoms with van der Waals surface area (Å²) in [5.41, 5.74) is 4.96. The summed E-state index contributed by atoms with van der Waals surface area (Å²) in [6, 6.07) is 7.03. The fourth-order valence-electron chi connectivity index (χ4n) is 2.46. The number of hydrazone groups is 2. The van der Waals surface area contributed by atoms with Gasteiger partial charge in [0.15, 0.2) is 0 Å². The molecule has 0 bridgehead atoms. The van der Waals surface area contributed by atoms with Crippen LogP contribution in [-0.4, -0.2) is 24.2 Å². The van der Waals surface area contributed by atoms with Gasteiger partial charge in [0.1, 0.15) is 11.5 Å². The Kier molecular flexibility index (Phi) is 9.87. The van der Waals surface area contributed by atoms with Gasteiger partial charge in [-0.1, -0.05) is 25.7 Å². The van der Waals surface area contributed by atoms with Crippen molar-refractivity contribution in [3.8, 4) is 0 Å². The van der Waals surface area contributed by atoms with Crippen molar-refractivity contribution in [3.63, 3.8) is 0 Å². The fourth-order valence-corrected chi connectivity index (χ4v) is 2.46. The first kappa shape index (κ1) is 21.1. The Morgan fingerprint density at radius 2 is 1.18 bits per heavy atom. The topological polar surface area (TPSA) is 109 Å². The molecule has 0 spiro atoms. The molecule has 8 heteroatoms. The number of hydrogen-bond acceptors (Lipinski definition) is 6. The highest BCUT2D eigenvalue weighted by Gasteiger charge is 2.01. The number of hydrogen-bond donors (Lipinski definition) is 2. The van der Waals surface area contributed by atoms with Crippen molar-refractivity contribution in [2.45, 2.75) is 51.4 Å². The Morgan fingerprint density at radius 1 is 0.750 bits per heavy atom. The summed E-state index contributed by atoms with van der Waals surface area (Å²) in [7, 11) is 0. The van der Waals surface area contributed by atoms with Crippen LogP contribution in [0.5, 0.6) is 0 Å². The smallest absolute Gasteiger partial charge is 0.240 e. The van der Waals surface area contributed by atoms with Crippen LogP contribution in [0.1, 0.15) is 62.9 Å². The lowest BCUT2D eigenvalue weighted by Crippen LogP contribution is -2.17. The molecule has 0 aliphatic carbocycles. The molecule has 0 aliphatic heterocycles. The van der Waals surface area contributed by atoms with Crippen molar-refractivity contribution < 1.29 is 18.4 Å². The molecule has 0 atom stereocenters. The molecule has 0 radical (unpaired) electrons. The average Bonchev–Trinajstić information content (AvgIpc) is 3.38. The Morgan fingerprint density at radius 3 is 1.57 bits per heavy atom. The van der Waals surface area contributed by atoms with Gasteiger partial charge in [-0.2, -0.15) is 10.2 Å². The molecule has 2 aromatic rings. The van der Waals surface area contributed by atoms with Crippen LogP contribution in [0.2, 0.25) is 0 Å². The second-order valence-electron chi connectivity index (χ2n) is 6.24. The van der Waals surface area contributed by atoms with Crippen LogP contribution >= 0.6 is 0 Å². The number of unbranched alkanes of at least 4 members (excludes halogenated alkanes) is 5. The molecular formula is C20H26N4O4. The van der Waals surface area contributed by atoms with Crippen LogP contribution < -0.4 is 10.9 Å². The van der Waals surface area contributed by atoms with Gasteiger partial charge in [-0.05, 0) is 37.1 Å². The summed E-state index contributed by atoms with van der Waals surface area (Å²) in [6.45, 7) is 0. The van der Waals surface area contributed by atoms with E-state index in [1.165, 1.54) is 12.4 Å². The predicted molar refractivity (Wildman–Crippen MR) is 106 cm³/mol. The van der Waals surface area contributed by atoms with Crippen LogP contribution in [0.15, 0.2) is 55.8 Å². The third-order valence-corrected chi connectivity index (χ3v) is 3.91. The Balaban J connectivity index is 1.39. The average molecular weight is 386 g/mol. The van der Waals surface area contributed by atoms with E-state index < -0.39 is 0 Å². The van der Waals surface area contributed by atoms with Crippen molar-refractivity contribution in [1.29, 1.82) is 0 Å². The summed E-state index contributed by atoms with van der Waals surface area (Å²) in [4.78, 5) is 23.3. The zero-order valence-corrected chi connectivity index (χ0v) is 15.8. The molecule has 150 valence electrons. The molecule has 2 amide bonds. The highest BCUT2D eigenvalue weighted by Crippen LogP contribution is 2.08. The van der Waals surface area contributed by atoms with Crippen molar-refractivity contribution in [3.05, 3.63) is 48.3 Å². The first-order chi connectivity index (χ1) is 13.7. The van der Waals surface area contributed by atoms with Crippen LogP contribution in [0.3, 0.4) is 0 Å². The highest BCUT2D eigenvalue weighted by molar-refractivity contribution is 5.80. The van der Waals surface area contributed by atoms with E-state index in [-0.39, 0.29) is 11.8 Å². The standard InChI is InChI=1S/C20H26N4O4/c25-19(23-21-15-17-9-7-13-27-17)11-5-3-1-2-4-6-12-20(26)24-22-16-18-10-8-14-28-18/h7-10,13-16H,1-6,11-12H2,(H,23,25)(H,24,26). The van der Waals surface area contributed by atoms with Crippen molar-refractivity contribution in [2.24, 2.45) is 10.2 Å². The van der Waals surface area contributed by atoms with Crippen LogP contribution in [-0.2, 0) is 9.59 Å². The van der Waals surface area contributed by atoms with Crippen LogP contribution in [0, 0.1) is 0 Å². The molecule has 0 fully saturated rings. The van der Waals surface area contributed by atoms with Gasteiger partial charge >= 0.3 is 0 Å². The minimum absolute atomic E-state index is 0.102. The molecule has 0 aliphatic rings. The van der Waals surface area contributed by atoms with E-state index in [0.717, 1.165) is 38.5 Å². The quantitative estimate of drug-likeness (QED) is 0.311. The molecule has 0 saturated carbocycles. The number of nitrogens with one attached hydrogen (secondary N) is 2. The minimum atomic E-state index is -0.102. The van der Waals surface area contributed by atoms with E-state index in [1.807, 2.05) is 0 Å². The lowest BCUT2D eigenvalue weighted by atomic mass is 10.1. The van der Waals surface area contributed by atoms with Crippen LogP contribution in [0.4, 0.5) is 0 Å². The predicted octanol–water partition coefficient (Wildman–Crippen LogP) is 3.59. The normalized spacial score (nSPS) is 11.3. The molecule has 8 nitrogen and oxygen atoms in total. The molecule has 0 unspecified atom stereocenters. The molecule has 2 aromatic heterocycles. The molecule has 0 aromatic carbocycles. The van der Waals surface area contributed by atoms with E-state index in [4.69, 9.17) is 8.83 Å². The number of nitrogens with zero attached hydrogens (tertiary/aromatic N) is 2. The van der Waals surface area contributed by atoms with Crippen molar-refractivity contribution in [1.82, 2.24) is 10.9 Å². The minimum Gasteiger partial charge on any atom is -0.463 e. The van der Waals surface area contributed by atoms with Gasteiger partial charge in [-0.3, -0.25) is 9.59 Å². The maximum atomic E-state index is 11.6. The molecule has 2 N–H and O–H groups in total. The van der Waals surface area contributed by atoms with Gasteiger partial charge in [0.05, 0.1) is 25.0 Å². The Hall–Kier alpha value is -3.16. The van der Waals surface area contributed by atoms with Gasteiger partial charge in [0.2, 0.25) is 11.8 Å². The zero-order chi connectivity index (χ0) is 19.9. The first-order valence-corrected chi connectivity index (χ1v) is 9.45. The Labute approximate surface area is 164 Å². The zero-order valence-electron chi connectivity index (χ0n) is 15.8. The SMILES string of the molecule is O=C(CCCCCCCCC(=O)NN=Cc1ccco1)NN=Cc1ccco1. The van der Waals surface area contributed by atoms with Gasteiger partial charge in [-0.25, -0.2) is 10.9 Å². The third kappa shape index (κ3) is 9.51. The summed E-state index contributed by atoms with van der Waals surface area (Å²) in [6.07, 6.45) is 12.6. The van der Waals surface area contributed by atoms with Gasteiger partial charge in [-0.15, -0.1) is 0 Å². The second kappa shape index (κ2) is 13.1. The number of carbonyl (C=O) groups excluding carboxylic acids is 2.